The lowest BCUT2D eigenvalue weighted by atomic mass is 10.0. The summed E-state index contributed by atoms with van der Waals surface area (Å²) in [6, 6.07) is 44.3. The number of nitrogens with zero attached hydrogens (tertiary/aromatic N) is 3. The largest absolute Gasteiger partial charge is 0.265 e. The normalized spacial score (nSPS) is 11.2. The van der Waals surface area contributed by atoms with Crippen LogP contribution >= 0.6 is 0 Å². The van der Waals surface area contributed by atoms with Crippen LogP contribution in [0.4, 0.5) is 0 Å². The van der Waals surface area contributed by atoms with Gasteiger partial charge in [0.2, 0.25) is 0 Å². The lowest BCUT2D eigenvalue weighted by Crippen LogP contribution is -1.91. The molecule has 0 aliphatic rings. The third-order valence-electron chi connectivity index (χ3n) is 7.00. The molecule has 38 heavy (non-hydrogen) atoms. The minimum atomic E-state index is 0.918. The average molecular weight is 486 g/mol. The van der Waals surface area contributed by atoms with E-state index in [4.69, 9.17) is 9.97 Å². The maximum atomic E-state index is 5.10. The van der Waals surface area contributed by atoms with Crippen LogP contribution in [0.5, 0.6) is 0 Å². The van der Waals surface area contributed by atoms with Crippen molar-refractivity contribution in [3.63, 3.8) is 0 Å². The summed E-state index contributed by atoms with van der Waals surface area (Å²) in [5.74, 6) is 0. The van der Waals surface area contributed by atoms with Gasteiger partial charge in [0.25, 0.3) is 0 Å². The Balaban J connectivity index is 1.27. The van der Waals surface area contributed by atoms with Crippen LogP contribution in [-0.4, -0.2) is 15.0 Å². The summed E-state index contributed by atoms with van der Waals surface area (Å²) >= 11 is 0. The van der Waals surface area contributed by atoms with Gasteiger partial charge >= 0.3 is 0 Å². The van der Waals surface area contributed by atoms with Crippen LogP contribution in [0.25, 0.3) is 66.6 Å². The second kappa shape index (κ2) is 9.38. The lowest BCUT2D eigenvalue weighted by Gasteiger charge is -2.09. The van der Waals surface area contributed by atoms with E-state index in [-0.39, 0.29) is 0 Å². The van der Waals surface area contributed by atoms with Gasteiger partial charge in [-0.25, -0.2) is 9.97 Å². The molecule has 0 radical (unpaired) electrons. The van der Waals surface area contributed by atoms with Gasteiger partial charge in [-0.1, -0.05) is 103 Å². The highest BCUT2D eigenvalue weighted by molar-refractivity contribution is 6.04. The molecule has 0 aliphatic heterocycles. The van der Waals surface area contributed by atoms with Gasteiger partial charge in [0.05, 0.1) is 22.4 Å². The van der Waals surface area contributed by atoms with E-state index in [1.54, 1.807) is 0 Å². The molecule has 3 aromatic heterocycles. The second-order valence-corrected chi connectivity index (χ2v) is 9.36. The lowest BCUT2D eigenvalue weighted by molar-refractivity contribution is 1.33. The van der Waals surface area contributed by atoms with E-state index in [1.807, 2.05) is 30.6 Å². The number of hydrogen-bond acceptors (Lipinski definition) is 3. The first-order valence-electron chi connectivity index (χ1n) is 12.7. The Kier molecular flexibility index (Phi) is 5.45. The number of rotatable bonds is 4. The zero-order valence-corrected chi connectivity index (χ0v) is 20.6. The fraction of sp³-hybridized carbons (Fsp3) is 0. The predicted octanol–water partition coefficient (Wildman–Crippen LogP) is 8.85. The smallest absolute Gasteiger partial charge is 0.0972 e. The molecule has 3 nitrogen and oxygen atoms in total. The van der Waals surface area contributed by atoms with Crippen molar-refractivity contribution in [2.45, 2.75) is 0 Å². The maximum Gasteiger partial charge on any atom is 0.0972 e. The number of fused-ring (bicyclic) bond motifs is 3. The molecule has 0 unspecified atom stereocenters. The molecular formula is C35H23N3. The summed E-state index contributed by atoms with van der Waals surface area (Å²) in [6.07, 6.45) is 3.64. The standard InChI is InChI=1S/C35H23N3/c1-2-4-24(5-3-1)25-6-10-28(11-7-25)32-18-16-30-14-15-31-17-19-33(38-35(31)34(30)37-32)29-12-8-26(9-13-29)27-20-22-36-23-21-27/h1-23H. The summed E-state index contributed by atoms with van der Waals surface area (Å²) in [7, 11) is 0. The van der Waals surface area contributed by atoms with Crippen LogP contribution < -0.4 is 0 Å². The van der Waals surface area contributed by atoms with E-state index in [0.717, 1.165) is 55.4 Å². The molecular weight excluding hydrogens is 462 g/mol. The first-order chi connectivity index (χ1) is 18.8. The van der Waals surface area contributed by atoms with Crippen molar-refractivity contribution < 1.29 is 0 Å². The maximum absolute atomic E-state index is 5.10. The van der Waals surface area contributed by atoms with Gasteiger partial charge in [-0.3, -0.25) is 4.98 Å². The summed E-state index contributed by atoms with van der Waals surface area (Å²) in [4.78, 5) is 14.3. The number of hydrogen-bond donors (Lipinski definition) is 0. The van der Waals surface area contributed by atoms with E-state index in [1.165, 1.54) is 11.1 Å². The van der Waals surface area contributed by atoms with Crippen molar-refractivity contribution in [3.05, 3.63) is 140 Å². The van der Waals surface area contributed by atoms with Gasteiger partial charge < -0.3 is 0 Å². The quantitative estimate of drug-likeness (QED) is 0.234. The van der Waals surface area contributed by atoms with Crippen LogP contribution in [0, 0.1) is 0 Å². The molecule has 0 atom stereocenters. The minimum Gasteiger partial charge on any atom is -0.265 e. The first kappa shape index (κ1) is 22.1. The summed E-state index contributed by atoms with van der Waals surface area (Å²) < 4.78 is 0. The zero-order valence-electron chi connectivity index (χ0n) is 20.6. The monoisotopic (exact) mass is 485 g/mol. The molecule has 0 saturated carbocycles. The molecule has 7 rings (SSSR count). The SMILES string of the molecule is c1ccc(-c2ccc(-c3ccc4ccc5ccc(-c6ccc(-c7ccncc7)cc6)nc5c4n3)cc2)cc1. The Morgan fingerprint density at radius 3 is 1.21 bits per heavy atom. The topological polar surface area (TPSA) is 38.7 Å². The summed E-state index contributed by atoms with van der Waals surface area (Å²) in [5, 5.41) is 2.17. The van der Waals surface area contributed by atoms with Gasteiger partial charge in [-0.2, -0.15) is 0 Å². The Labute approximate surface area is 221 Å². The van der Waals surface area contributed by atoms with Crippen LogP contribution in [0.15, 0.2) is 140 Å². The van der Waals surface area contributed by atoms with Crippen LogP contribution in [-0.2, 0) is 0 Å². The molecule has 0 aliphatic carbocycles. The molecule has 0 saturated heterocycles. The molecule has 178 valence electrons. The molecule has 0 N–H and O–H groups in total. The number of aromatic nitrogens is 3. The van der Waals surface area contributed by atoms with Crippen molar-refractivity contribution in [1.29, 1.82) is 0 Å². The first-order valence-corrected chi connectivity index (χ1v) is 12.7. The molecule has 3 heteroatoms. The highest BCUT2D eigenvalue weighted by Gasteiger charge is 2.09. The highest BCUT2D eigenvalue weighted by atomic mass is 14.8. The van der Waals surface area contributed by atoms with Crippen LogP contribution in [0.3, 0.4) is 0 Å². The van der Waals surface area contributed by atoms with Gasteiger partial charge in [-0.15, -0.1) is 0 Å². The Hall–Kier alpha value is -5.15. The molecule has 0 spiro atoms. The molecule has 0 bridgehead atoms. The predicted molar refractivity (Wildman–Crippen MR) is 157 cm³/mol. The Morgan fingerprint density at radius 1 is 0.316 bits per heavy atom. The third-order valence-corrected chi connectivity index (χ3v) is 7.00. The molecule has 3 heterocycles. The number of pyridine rings is 3. The molecule has 0 fully saturated rings. The fourth-order valence-electron chi connectivity index (χ4n) is 4.93. The summed E-state index contributed by atoms with van der Waals surface area (Å²) in [6.45, 7) is 0. The highest BCUT2D eigenvalue weighted by Crippen LogP contribution is 2.30. The summed E-state index contributed by atoms with van der Waals surface area (Å²) in [5.41, 5.74) is 10.6. The van der Waals surface area contributed by atoms with Crippen molar-refractivity contribution >= 4 is 21.8 Å². The Morgan fingerprint density at radius 2 is 0.711 bits per heavy atom. The van der Waals surface area contributed by atoms with Crippen molar-refractivity contribution in [3.8, 4) is 44.8 Å². The van der Waals surface area contributed by atoms with E-state index < -0.39 is 0 Å². The van der Waals surface area contributed by atoms with E-state index in [2.05, 4.69) is 114 Å². The Bertz CT molecular complexity index is 1740. The van der Waals surface area contributed by atoms with E-state index >= 15 is 0 Å². The van der Waals surface area contributed by atoms with E-state index in [0.29, 0.717) is 0 Å². The molecule has 0 amide bonds. The van der Waals surface area contributed by atoms with Crippen molar-refractivity contribution in [1.82, 2.24) is 15.0 Å². The van der Waals surface area contributed by atoms with Crippen molar-refractivity contribution in [2.75, 3.05) is 0 Å². The molecule has 4 aromatic carbocycles. The van der Waals surface area contributed by atoms with Gasteiger partial charge in [0.15, 0.2) is 0 Å². The number of benzene rings is 4. The van der Waals surface area contributed by atoms with E-state index in [9.17, 15) is 0 Å². The minimum absolute atomic E-state index is 0.918. The zero-order chi connectivity index (χ0) is 25.3. The van der Waals surface area contributed by atoms with Crippen LogP contribution in [0.2, 0.25) is 0 Å². The van der Waals surface area contributed by atoms with Gasteiger partial charge in [-0.05, 0) is 46.5 Å². The van der Waals surface area contributed by atoms with Gasteiger partial charge in [0.1, 0.15) is 0 Å². The fourth-order valence-corrected chi connectivity index (χ4v) is 4.93. The van der Waals surface area contributed by atoms with Crippen molar-refractivity contribution in [2.24, 2.45) is 0 Å². The van der Waals surface area contributed by atoms with Gasteiger partial charge in [0, 0.05) is 34.3 Å². The molecule has 7 aromatic rings. The van der Waals surface area contributed by atoms with Crippen LogP contribution in [0.1, 0.15) is 0 Å². The second-order valence-electron chi connectivity index (χ2n) is 9.36. The average Bonchev–Trinajstić information content (AvgIpc) is 3.01. The third kappa shape index (κ3) is 4.10.